The highest BCUT2D eigenvalue weighted by Crippen LogP contribution is 2.29. The number of amides is 1. The lowest BCUT2D eigenvalue weighted by molar-refractivity contribution is -0.115. The molecule has 1 heterocycles. The van der Waals surface area contributed by atoms with Gasteiger partial charge in [0.2, 0.25) is 5.91 Å². The van der Waals surface area contributed by atoms with Gasteiger partial charge in [0.1, 0.15) is 0 Å². The van der Waals surface area contributed by atoms with Crippen LogP contribution >= 0.6 is 23.1 Å². The van der Waals surface area contributed by atoms with E-state index in [1.165, 1.54) is 16.2 Å². The van der Waals surface area contributed by atoms with Crippen molar-refractivity contribution in [3.63, 3.8) is 0 Å². The molecule has 24 heavy (non-hydrogen) atoms. The molecular weight excluding hydrogens is 340 g/mol. The zero-order valence-corrected chi connectivity index (χ0v) is 15.4. The minimum atomic E-state index is -0.0993. The van der Waals surface area contributed by atoms with Crippen LogP contribution in [0, 0.1) is 0 Å². The molecule has 4 nitrogen and oxygen atoms in total. The average Bonchev–Trinajstić information content (AvgIpc) is 2.92. The van der Waals surface area contributed by atoms with Crippen LogP contribution in [0.15, 0.2) is 29.2 Å². The molecular formula is C18H20N2O2S2. The Labute approximate surface area is 150 Å². The van der Waals surface area contributed by atoms with E-state index >= 15 is 0 Å². The molecule has 6 heteroatoms. The van der Waals surface area contributed by atoms with E-state index in [-0.39, 0.29) is 11.7 Å². The first kappa shape index (κ1) is 17.2. The monoisotopic (exact) mass is 360 g/mol. The summed E-state index contributed by atoms with van der Waals surface area (Å²) < 4.78 is 0. The van der Waals surface area contributed by atoms with Gasteiger partial charge in [0.25, 0.3) is 0 Å². The Morgan fingerprint density at radius 1 is 1.29 bits per heavy atom. The van der Waals surface area contributed by atoms with Crippen molar-refractivity contribution >= 4 is 39.9 Å². The lowest BCUT2D eigenvalue weighted by atomic mass is 10.0. The number of nitrogens with zero attached hydrogens (tertiary/aromatic N) is 1. The fourth-order valence-electron chi connectivity index (χ4n) is 2.63. The summed E-state index contributed by atoms with van der Waals surface area (Å²) in [7, 11) is 0. The summed E-state index contributed by atoms with van der Waals surface area (Å²) in [5.74, 6) is 0.0466. The van der Waals surface area contributed by atoms with E-state index < -0.39 is 0 Å². The van der Waals surface area contributed by atoms with Crippen LogP contribution in [0.25, 0.3) is 0 Å². The van der Waals surface area contributed by atoms with E-state index in [2.05, 4.69) is 24.1 Å². The van der Waals surface area contributed by atoms with Crippen LogP contribution in [0.5, 0.6) is 0 Å². The SMILES string of the molecule is CC(C)Sc1ccc(CC(=O)Nc2nc3c(s2)C(=O)CCC3)cc1. The van der Waals surface area contributed by atoms with Gasteiger partial charge in [-0.15, -0.1) is 11.8 Å². The minimum Gasteiger partial charge on any atom is -0.302 e. The van der Waals surface area contributed by atoms with Gasteiger partial charge in [-0.05, 0) is 30.5 Å². The van der Waals surface area contributed by atoms with E-state index in [0.717, 1.165) is 24.1 Å². The Hall–Kier alpha value is -1.66. The number of benzene rings is 1. The number of carbonyl (C=O) groups excluding carboxylic acids is 2. The second-order valence-corrected chi connectivity index (χ2v) is 8.76. The molecule has 1 N–H and O–H groups in total. The third-order valence-corrected chi connectivity index (χ3v) is 5.74. The highest BCUT2D eigenvalue weighted by Gasteiger charge is 2.22. The highest BCUT2D eigenvalue weighted by molar-refractivity contribution is 7.99. The summed E-state index contributed by atoms with van der Waals surface area (Å²) in [5.41, 5.74) is 1.81. The molecule has 1 aromatic heterocycles. The number of aryl methyl sites for hydroxylation is 1. The van der Waals surface area contributed by atoms with E-state index in [9.17, 15) is 9.59 Å². The molecule has 0 unspecified atom stereocenters. The standard InChI is InChI=1S/C18H20N2O2S2/c1-11(2)23-13-8-6-12(7-9-13)10-16(22)20-18-19-14-4-3-5-15(21)17(14)24-18/h6-9,11H,3-5,10H2,1-2H3,(H,19,20,22). The number of thiazole rings is 1. The summed E-state index contributed by atoms with van der Waals surface area (Å²) in [5, 5.41) is 3.90. The van der Waals surface area contributed by atoms with Gasteiger partial charge < -0.3 is 5.32 Å². The second kappa shape index (κ2) is 7.49. The number of carbonyl (C=O) groups is 2. The minimum absolute atomic E-state index is 0.0993. The molecule has 1 aromatic carbocycles. The molecule has 0 bridgehead atoms. The maximum Gasteiger partial charge on any atom is 0.230 e. The van der Waals surface area contributed by atoms with Crippen molar-refractivity contribution in [3.05, 3.63) is 40.4 Å². The zero-order chi connectivity index (χ0) is 17.1. The molecule has 0 radical (unpaired) electrons. The van der Waals surface area contributed by atoms with Crippen molar-refractivity contribution in [3.8, 4) is 0 Å². The summed E-state index contributed by atoms with van der Waals surface area (Å²) in [6.45, 7) is 4.31. The number of Topliss-reactive ketones (excluding diaryl/α,β-unsaturated/α-hetero) is 1. The lowest BCUT2D eigenvalue weighted by Gasteiger charge is -2.06. The third kappa shape index (κ3) is 4.24. The van der Waals surface area contributed by atoms with Crippen LogP contribution in [0.1, 0.15) is 47.6 Å². The van der Waals surface area contributed by atoms with Crippen molar-refractivity contribution in [2.45, 2.75) is 49.7 Å². The topological polar surface area (TPSA) is 59.1 Å². The Morgan fingerprint density at radius 3 is 2.71 bits per heavy atom. The van der Waals surface area contributed by atoms with Gasteiger partial charge in [-0.2, -0.15) is 0 Å². The first-order chi connectivity index (χ1) is 11.5. The predicted molar refractivity (Wildman–Crippen MR) is 99.2 cm³/mol. The summed E-state index contributed by atoms with van der Waals surface area (Å²) in [6, 6.07) is 8.07. The molecule has 0 atom stereocenters. The molecule has 0 fully saturated rings. The Balaban J connectivity index is 1.60. The van der Waals surface area contributed by atoms with E-state index in [0.29, 0.717) is 28.1 Å². The molecule has 2 aromatic rings. The number of nitrogens with one attached hydrogen (secondary N) is 1. The molecule has 0 spiro atoms. The van der Waals surface area contributed by atoms with Gasteiger partial charge in [0.15, 0.2) is 10.9 Å². The highest BCUT2D eigenvalue weighted by atomic mass is 32.2. The summed E-state index contributed by atoms with van der Waals surface area (Å²) in [6.07, 6.45) is 2.57. The third-order valence-electron chi connectivity index (χ3n) is 3.67. The molecule has 1 aliphatic rings. The Kier molecular flexibility index (Phi) is 5.36. The second-order valence-electron chi connectivity index (χ2n) is 6.11. The van der Waals surface area contributed by atoms with E-state index in [1.54, 1.807) is 11.8 Å². The van der Waals surface area contributed by atoms with Crippen molar-refractivity contribution in [1.82, 2.24) is 4.98 Å². The van der Waals surface area contributed by atoms with Crippen LogP contribution in [0.2, 0.25) is 0 Å². The fraction of sp³-hybridized carbons (Fsp3) is 0.389. The largest absolute Gasteiger partial charge is 0.302 e. The van der Waals surface area contributed by atoms with Crippen molar-refractivity contribution in [2.24, 2.45) is 0 Å². The molecule has 0 saturated heterocycles. The summed E-state index contributed by atoms with van der Waals surface area (Å²) in [4.78, 5) is 30.4. The van der Waals surface area contributed by atoms with Gasteiger partial charge in [0, 0.05) is 16.6 Å². The first-order valence-electron chi connectivity index (χ1n) is 8.09. The Bertz CT molecular complexity index is 751. The molecule has 1 aliphatic carbocycles. The number of fused-ring (bicyclic) bond motifs is 1. The quantitative estimate of drug-likeness (QED) is 0.806. The van der Waals surface area contributed by atoms with Gasteiger partial charge in [-0.1, -0.05) is 37.3 Å². The van der Waals surface area contributed by atoms with Crippen LogP contribution in [0.4, 0.5) is 5.13 Å². The average molecular weight is 361 g/mol. The van der Waals surface area contributed by atoms with Crippen LogP contribution in [-0.4, -0.2) is 21.9 Å². The van der Waals surface area contributed by atoms with E-state index in [1.807, 2.05) is 24.3 Å². The van der Waals surface area contributed by atoms with Crippen molar-refractivity contribution in [1.29, 1.82) is 0 Å². The van der Waals surface area contributed by atoms with Crippen molar-refractivity contribution < 1.29 is 9.59 Å². The number of thioether (sulfide) groups is 1. The lowest BCUT2D eigenvalue weighted by Crippen LogP contribution is -2.14. The van der Waals surface area contributed by atoms with Gasteiger partial charge in [-0.3, -0.25) is 9.59 Å². The molecule has 126 valence electrons. The van der Waals surface area contributed by atoms with Gasteiger partial charge in [-0.25, -0.2) is 4.98 Å². The molecule has 0 aliphatic heterocycles. The van der Waals surface area contributed by atoms with Crippen LogP contribution in [-0.2, 0) is 17.6 Å². The van der Waals surface area contributed by atoms with Crippen LogP contribution in [0.3, 0.4) is 0 Å². The smallest absolute Gasteiger partial charge is 0.230 e. The number of ketones is 1. The first-order valence-corrected chi connectivity index (χ1v) is 9.79. The van der Waals surface area contributed by atoms with E-state index in [4.69, 9.17) is 0 Å². The molecule has 0 saturated carbocycles. The van der Waals surface area contributed by atoms with Gasteiger partial charge in [0.05, 0.1) is 17.0 Å². The fourth-order valence-corrected chi connectivity index (χ4v) is 4.46. The maximum atomic E-state index is 12.2. The molecule has 3 rings (SSSR count). The number of anilines is 1. The van der Waals surface area contributed by atoms with Crippen molar-refractivity contribution in [2.75, 3.05) is 5.32 Å². The summed E-state index contributed by atoms with van der Waals surface area (Å²) >= 11 is 3.10. The zero-order valence-electron chi connectivity index (χ0n) is 13.8. The maximum absolute atomic E-state index is 12.2. The van der Waals surface area contributed by atoms with Gasteiger partial charge >= 0.3 is 0 Å². The normalized spacial score (nSPS) is 13.9. The van der Waals surface area contributed by atoms with Crippen LogP contribution < -0.4 is 5.32 Å². The predicted octanol–water partition coefficient (Wildman–Crippen LogP) is 4.34. The number of aromatic nitrogens is 1. The number of hydrogen-bond donors (Lipinski definition) is 1. The number of rotatable bonds is 5. The Morgan fingerprint density at radius 2 is 2.04 bits per heavy atom. The number of hydrogen-bond acceptors (Lipinski definition) is 5. The molecule has 1 amide bonds.